The van der Waals surface area contributed by atoms with Crippen LogP contribution in [-0.2, 0) is 0 Å². The van der Waals surface area contributed by atoms with E-state index in [9.17, 15) is 4.79 Å². The second-order valence-electron chi connectivity index (χ2n) is 3.84. The largest absolute Gasteiger partial charge is 0.321 e. The number of carbonyl (C=O) groups excluding carboxylic acids is 1. The zero-order chi connectivity index (χ0) is 12.3. The Morgan fingerprint density at radius 1 is 1.35 bits per heavy atom. The average molecular weight is 229 g/mol. The van der Waals surface area contributed by atoms with Crippen LogP contribution in [0.5, 0.6) is 0 Å². The second-order valence-corrected chi connectivity index (χ2v) is 3.84. The molecule has 4 nitrogen and oxygen atoms in total. The fraction of sp³-hybridized carbons (Fsp3) is 0.231. The number of aromatic nitrogens is 2. The molecule has 88 valence electrons. The molecule has 1 aromatic heterocycles. The standard InChI is InChI=1S/C13H15N3O/c1-2-11(14)13(17)12-8-9-15-16(12)10-6-4-3-5-7-10/h3-9,11H,2,14H2,1H3. The van der Waals surface area contributed by atoms with Gasteiger partial charge in [0.2, 0.25) is 0 Å². The maximum Gasteiger partial charge on any atom is 0.197 e. The summed E-state index contributed by atoms with van der Waals surface area (Å²) in [4.78, 5) is 12.0. The number of benzene rings is 1. The van der Waals surface area contributed by atoms with Gasteiger partial charge in [0, 0.05) is 0 Å². The second kappa shape index (κ2) is 4.93. The molecule has 1 atom stereocenters. The van der Waals surface area contributed by atoms with Crippen LogP contribution in [0.3, 0.4) is 0 Å². The third-order valence-corrected chi connectivity index (χ3v) is 2.67. The predicted molar refractivity (Wildman–Crippen MR) is 66.2 cm³/mol. The van der Waals surface area contributed by atoms with Gasteiger partial charge in [-0.25, -0.2) is 4.68 Å². The van der Waals surface area contributed by atoms with E-state index in [0.717, 1.165) is 5.69 Å². The molecule has 0 aliphatic rings. The lowest BCUT2D eigenvalue weighted by Crippen LogP contribution is -2.31. The van der Waals surface area contributed by atoms with E-state index in [0.29, 0.717) is 12.1 Å². The van der Waals surface area contributed by atoms with Crippen LogP contribution in [0, 0.1) is 0 Å². The van der Waals surface area contributed by atoms with Crippen molar-refractivity contribution in [2.75, 3.05) is 0 Å². The van der Waals surface area contributed by atoms with Crippen molar-refractivity contribution in [2.45, 2.75) is 19.4 Å². The molecule has 0 spiro atoms. The van der Waals surface area contributed by atoms with Crippen molar-refractivity contribution in [1.82, 2.24) is 9.78 Å². The van der Waals surface area contributed by atoms with Crippen molar-refractivity contribution in [1.29, 1.82) is 0 Å². The molecule has 17 heavy (non-hydrogen) atoms. The van der Waals surface area contributed by atoms with E-state index < -0.39 is 6.04 Å². The van der Waals surface area contributed by atoms with E-state index in [1.807, 2.05) is 37.3 Å². The topological polar surface area (TPSA) is 60.9 Å². The quantitative estimate of drug-likeness (QED) is 0.813. The van der Waals surface area contributed by atoms with Crippen LogP contribution in [0.2, 0.25) is 0 Å². The highest BCUT2D eigenvalue weighted by atomic mass is 16.1. The summed E-state index contributed by atoms with van der Waals surface area (Å²) in [5.41, 5.74) is 7.16. The van der Waals surface area contributed by atoms with Gasteiger partial charge in [-0.15, -0.1) is 0 Å². The van der Waals surface area contributed by atoms with Crippen LogP contribution in [0.4, 0.5) is 0 Å². The first-order valence-corrected chi connectivity index (χ1v) is 5.63. The molecule has 0 aliphatic heterocycles. The fourth-order valence-electron chi connectivity index (χ4n) is 1.64. The third-order valence-electron chi connectivity index (χ3n) is 2.67. The van der Waals surface area contributed by atoms with Crippen molar-refractivity contribution in [3.8, 4) is 5.69 Å². The van der Waals surface area contributed by atoms with E-state index in [-0.39, 0.29) is 5.78 Å². The van der Waals surface area contributed by atoms with Crippen molar-refractivity contribution in [3.05, 3.63) is 48.3 Å². The van der Waals surface area contributed by atoms with Gasteiger partial charge in [-0.05, 0) is 24.6 Å². The fourth-order valence-corrected chi connectivity index (χ4v) is 1.64. The van der Waals surface area contributed by atoms with Gasteiger partial charge in [0.15, 0.2) is 5.78 Å². The summed E-state index contributed by atoms with van der Waals surface area (Å²) < 4.78 is 1.62. The zero-order valence-corrected chi connectivity index (χ0v) is 9.71. The number of rotatable bonds is 4. The lowest BCUT2D eigenvalue weighted by molar-refractivity contribution is 0.0951. The van der Waals surface area contributed by atoms with Gasteiger partial charge in [0.05, 0.1) is 17.9 Å². The number of para-hydroxylation sites is 1. The Balaban J connectivity index is 2.39. The number of carbonyl (C=O) groups is 1. The van der Waals surface area contributed by atoms with Gasteiger partial charge >= 0.3 is 0 Å². The first-order valence-electron chi connectivity index (χ1n) is 5.63. The lowest BCUT2D eigenvalue weighted by Gasteiger charge is -2.10. The molecule has 4 heteroatoms. The molecule has 0 saturated heterocycles. The van der Waals surface area contributed by atoms with Crippen LogP contribution in [-0.4, -0.2) is 21.6 Å². The van der Waals surface area contributed by atoms with Gasteiger partial charge in [-0.3, -0.25) is 4.79 Å². The molecule has 0 radical (unpaired) electrons. The minimum Gasteiger partial charge on any atom is -0.321 e. The predicted octanol–water partition coefficient (Wildman–Crippen LogP) is 1.79. The summed E-state index contributed by atoms with van der Waals surface area (Å²) in [6.07, 6.45) is 2.24. The van der Waals surface area contributed by atoms with Gasteiger partial charge in [-0.1, -0.05) is 25.1 Å². The van der Waals surface area contributed by atoms with Gasteiger partial charge < -0.3 is 5.73 Å². The minimum absolute atomic E-state index is 0.0751. The summed E-state index contributed by atoms with van der Waals surface area (Å²) >= 11 is 0. The van der Waals surface area contributed by atoms with Crippen molar-refractivity contribution >= 4 is 5.78 Å². The molecule has 0 amide bonds. The Kier molecular flexibility index (Phi) is 3.35. The van der Waals surface area contributed by atoms with Crippen LogP contribution in [0.15, 0.2) is 42.6 Å². The molecule has 2 aromatic rings. The first-order chi connectivity index (χ1) is 8.24. The van der Waals surface area contributed by atoms with Crippen molar-refractivity contribution in [3.63, 3.8) is 0 Å². The summed E-state index contributed by atoms with van der Waals surface area (Å²) in [5, 5.41) is 4.16. The van der Waals surface area contributed by atoms with E-state index in [4.69, 9.17) is 5.73 Å². The summed E-state index contributed by atoms with van der Waals surface area (Å²) in [5.74, 6) is -0.0751. The summed E-state index contributed by atoms with van der Waals surface area (Å²) in [6, 6.07) is 10.8. The maximum atomic E-state index is 12.0. The first kappa shape index (κ1) is 11.5. The molecule has 1 unspecified atom stereocenters. The van der Waals surface area contributed by atoms with E-state index in [1.54, 1.807) is 16.9 Å². The molecule has 2 rings (SSSR count). The number of ketones is 1. The SMILES string of the molecule is CCC(N)C(=O)c1ccnn1-c1ccccc1. The number of nitrogens with zero attached hydrogens (tertiary/aromatic N) is 2. The number of hydrogen-bond acceptors (Lipinski definition) is 3. The van der Waals surface area contributed by atoms with E-state index in [1.165, 1.54) is 0 Å². The normalized spacial score (nSPS) is 12.4. The molecule has 1 aromatic carbocycles. The summed E-state index contributed by atoms with van der Waals surface area (Å²) in [6.45, 7) is 1.89. The molecule has 0 aliphatic carbocycles. The molecule has 0 fully saturated rings. The zero-order valence-electron chi connectivity index (χ0n) is 9.71. The van der Waals surface area contributed by atoms with E-state index in [2.05, 4.69) is 5.10 Å². The Hall–Kier alpha value is -1.94. The maximum absolute atomic E-state index is 12.0. The Labute approximate surface area is 100 Å². The van der Waals surface area contributed by atoms with Crippen LogP contribution in [0.25, 0.3) is 5.69 Å². The molecule has 0 bridgehead atoms. The third kappa shape index (κ3) is 2.26. The Morgan fingerprint density at radius 2 is 2.06 bits per heavy atom. The van der Waals surface area contributed by atoms with Crippen LogP contribution >= 0.6 is 0 Å². The molecular weight excluding hydrogens is 214 g/mol. The van der Waals surface area contributed by atoms with Gasteiger partial charge in [-0.2, -0.15) is 5.10 Å². The van der Waals surface area contributed by atoms with Crippen molar-refractivity contribution in [2.24, 2.45) is 5.73 Å². The van der Waals surface area contributed by atoms with Crippen LogP contribution < -0.4 is 5.73 Å². The van der Waals surface area contributed by atoms with E-state index >= 15 is 0 Å². The minimum atomic E-state index is -0.464. The number of hydrogen-bond donors (Lipinski definition) is 1. The van der Waals surface area contributed by atoms with Crippen LogP contribution in [0.1, 0.15) is 23.8 Å². The number of Topliss-reactive ketones (excluding diaryl/α,β-unsaturated/α-hetero) is 1. The molecule has 2 N–H and O–H groups in total. The lowest BCUT2D eigenvalue weighted by atomic mass is 10.1. The van der Waals surface area contributed by atoms with Gasteiger partial charge in [0.1, 0.15) is 5.69 Å². The highest BCUT2D eigenvalue weighted by Gasteiger charge is 2.18. The smallest absolute Gasteiger partial charge is 0.197 e. The molecule has 1 heterocycles. The Morgan fingerprint density at radius 3 is 2.71 bits per heavy atom. The highest BCUT2D eigenvalue weighted by molar-refractivity contribution is 5.98. The highest BCUT2D eigenvalue weighted by Crippen LogP contribution is 2.12. The molecular formula is C13H15N3O. The molecule has 0 saturated carbocycles. The average Bonchev–Trinajstić information content (AvgIpc) is 2.87. The monoisotopic (exact) mass is 229 g/mol. The van der Waals surface area contributed by atoms with Gasteiger partial charge in [0.25, 0.3) is 0 Å². The summed E-state index contributed by atoms with van der Waals surface area (Å²) in [7, 11) is 0. The Bertz CT molecular complexity index is 504. The van der Waals surface area contributed by atoms with Crippen molar-refractivity contribution < 1.29 is 4.79 Å². The number of nitrogens with two attached hydrogens (primary N) is 1.